The first-order valence-electron chi connectivity index (χ1n) is 7.04. The molecule has 1 N–H and O–H groups in total. The molecule has 0 spiro atoms. The first-order valence-corrected chi connectivity index (χ1v) is 7.92. The van der Waals surface area contributed by atoms with Crippen molar-refractivity contribution in [3.05, 3.63) is 17.7 Å². The molecule has 118 valence electrons. The molecule has 3 nitrogen and oxygen atoms in total. The van der Waals surface area contributed by atoms with Gasteiger partial charge in [-0.15, -0.1) is 0 Å². The zero-order valence-electron chi connectivity index (χ0n) is 12.3. The number of thioether (sulfide) groups is 1. The number of ether oxygens (including phenoxy) is 2. The van der Waals surface area contributed by atoms with Crippen LogP contribution in [0.3, 0.4) is 0 Å². The van der Waals surface area contributed by atoms with Gasteiger partial charge in [-0.2, -0.15) is 8.78 Å². The van der Waals surface area contributed by atoms with E-state index in [1.807, 2.05) is 0 Å². The number of methoxy groups -OCH3 is 2. The quantitative estimate of drug-likeness (QED) is 0.557. The number of nitrogens with one attached hydrogen (secondary N) is 1. The summed E-state index contributed by atoms with van der Waals surface area (Å²) in [4.78, 5) is 0.402. The van der Waals surface area contributed by atoms with Crippen LogP contribution in [0.15, 0.2) is 17.0 Å². The minimum absolute atomic E-state index is 0.402. The molecule has 21 heavy (non-hydrogen) atoms. The van der Waals surface area contributed by atoms with E-state index in [0.29, 0.717) is 28.2 Å². The maximum absolute atomic E-state index is 12.6. The molecule has 1 fully saturated rings. The third-order valence-corrected chi connectivity index (χ3v) is 4.23. The fourth-order valence-electron chi connectivity index (χ4n) is 2.17. The van der Waals surface area contributed by atoms with Crippen LogP contribution in [0.4, 0.5) is 8.78 Å². The molecule has 1 aromatic carbocycles. The minimum atomic E-state index is -2.48. The van der Waals surface area contributed by atoms with Crippen LogP contribution >= 0.6 is 11.8 Å². The minimum Gasteiger partial charge on any atom is -0.496 e. The Labute approximate surface area is 128 Å². The molecule has 0 bridgehead atoms. The molecule has 0 amide bonds. The van der Waals surface area contributed by atoms with Crippen molar-refractivity contribution >= 4 is 11.8 Å². The maximum Gasteiger partial charge on any atom is 0.289 e. The molecular formula is C15H21F2NO2S. The van der Waals surface area contributed by atoms with Gasteiger partial charge in [-0.25, -0.2) is 0 Å². The highest BCUT2D eigenvalue weighted by Crippen LogP contribution is 2.38. The van der Waals surface area contributed by atoms with Crippen molar-refractivity contribution in [1.29, 1.82) is 0 Å². The second-order valence-corrected chi connectivity index (χ2v) is 6.12. The highest BCUT2D eigenvalue weighted by molar-refractivity contribution is 7.99. The Hall–Kier alpha value is -1.01. The van der Waals surface area contributed by atoms with Crippen molar-refractivity contribution in [3.8, 4) is 11.5 Å². The van der Waals surface area contributed by atoms with E-state index in [1.54, 1.807) is 19.2 Å². The Kier molecular flexibility index (Phi) is 6.11. The summed E-state index contributed by atoms with van der Waals surface area (Å²) in [6.07, 6.45) is 3.43. The zero-order chi connectivity index (χ0) is 15.2. The summed E-state index contributed by atoms with van der Waals surface area (Å²) in [5.41, 5.74) is 0.969. The molecule has 0 saturated heterocycles. The van der Waals surface area contributed by atoms with Gasteiger partial charge in [0.1, 0.15) is 11.5 Å². The third kappa shape index (κ3) is 5.04. The van der Waals surface area contributed by atoms with Gasteiger partial charge in [0, 0.05) is 0 Å². The summed E-state index contributed by atoms with van der Waals surface area (Å²) in [7, 11) is 3.05. The van der Waals surface area contributed by atoms with Crippen LogP contribution in [0.25, 0.3) is 0 Å². The maximum atomic E-state index is 12.6. The second-order valence-electron chi connectivity index (χ2n) is 5.09. The van der Waals surface area contributed by atoms with Gasteiger partial charge in [0.05, 0.1) is 19.1 Å². The van der Waals surface area contributed by atoms with E-state index in [-0.39, 0.29) is 0 Å². The summed E-state index contributed by atoms with van der Waals surface area (Å²) in [6, 6.07) is 3.42. The first-order chi connectivity index (χ1) is 10.1. The predicted molar refractivity (Wildman–Crippen MR) is 80.7 cm³/mol. The van der Waals surface area contributed by atoms with E-state index >= 15 is 0 Å². The Morgan fingerprint density at radius 1 is 1.24 bits per heavy atom. The fourth-order valence-corrected chi connectivity index (χ4v) is 2.79. The Bertz CT molecular complexity index is 467. The lowest BCUT2D eigenvalue weighted by molar-refractivity contribution is 0.251. The molecule has 0 radical (unpaired) electrons. The van der Waals surface area contributed by atoms with Gasteiger partial charge in [-0.3, -0.25) is 0 Å². The number of alkyl halides is 2. The van der Waals surface area contributed by atoms with Crippen molar-refractivity contribution in [2.24, 2.45) is 5.92 Å². The number of benzene rings is 1. The van der Waals surface area contributed by atoms with Gasteiger partial charge in [0.2, 0.25) is 0 Å². The first kappa shape index (κ1) is 16.4. The molecule has 2 rings (SSSR count). The topological polar surface area (TPSA) is 30.5 Å². The molecule has 1 aliphatic carbocycles. The summed E-state index contributed by atoms with van der Waals surface area (Å²) >= 11 is 0.474. The lowest BCUT2D eigenvalue weighted by Crippen LogP contribution is -2.20. The van der Waals surface area contributed by atoms with E-state index in [1.165, 1.54) is 20.0 Å². The van der Waals surface area contributed by atoms with Gasteiger partial charge in [0.25, 0.3) is 5.76 Å². The van der Waals surface area contributed by atoms with E-state index < -0.39 is 5.76 Å². The van der Waals surface area contributed by atoms with Gasteiger partial charge >= 0.3 is 0 Å². The van der Waals surface area contributed by atoms with Crippen LogP contribution in [0.1, 0.15) is 18.4 Å². The molecule has 0 heterocycles. The van der Waals surface area contributed by atoms with Gasteiger partial charge in [0.15, 0.2) is 0 Å². The van der Waals surface area contributed by atoms with Gasteiger partial charge < -0.3 is 14.8 Å². The number of hydrogen-bond donors (Lipinski definition) is 1. The second kappa shape index (κ2) is 7.84. The summed E-state index contributed by atoms with van der Waals surface area (Å²) in [5.74, 6) is -0.536. The molecule has 0 aromatic heterocycles. The van der Waals surface area contributed by atoms with Crippen LogP contribution in [0.5, 0.6) is 11.5 Å². The number of halogens is 2. The van der Waals surface area contributed by atoms with E-state index in [2.05, 4.69) is 5.32 Å². The fraction of sp³-hybridized carbons (Fsp3) is 0.600. The lowest BCUT2D eigenvalue weighted by atomic mass is 10.1. The Balaban J connectivity index is 2.03. The van der Waals surface area contributed by atoms with Crippen molar-refractivity contribution in [2.45, 2.75) is 29.9 Å². The van der Waals surface area contributed by atoms with Crippen LogP contribution in [-0.4, -0.2) is 33.1 Å². The van der Waals surface area contributed by atoms with Crippen molar-refractivity contribution in [3.63, 3.8) is 0 Å². The van der Waals surface area contributed by atoms with E-state index in [0.717, 1.165) is 31.0 Å². The van der Waals surface area contributed by atoms with Crippen LogP contribution in [0.2, 0.25) is 0 Å². The summed E-state index contributed by atoms with van der Waals surface area (Å²) < 4.78 is 35.6. The molecule has 0 unspecified atom stereocenters. The predicted octanol–water partition coefficient (Wildman–Crippen LogP) is 3.56. The van der Waals surface area contributed by atoms with Crippen molar-refractivity contribution in [1.82, 2.24) is 5.32 Å². The molecule has 6 heteroatoms. The SMILES string of the molecule is COc1cc(SC(F)F)c(OC)cc1CCNCC1CC1. The Morgan fingerprint density at radius 3 is 2.52 bits per heavy atom. The van der Waals surface area contributed by atoms with Gasteiger partial charge in [-0.1, -0.05) is 11.8 Å². The van der Waals surface area contributed by atoms with Crippen LogP contribution in [0, 0.1) is 5.92 Å². The number of hydrogen-bond acceptors (Lipinski definition) is 4. The Morgan fingerprint density at radius 2 is 1.95 bits per heavy atom. The lowest BCUT2D eigenvalue weighted by Gasteiger charge is -2.14. The molecule has 1 aliphatic rings. The van der Waals surface area contributed by atoms with E-state index in [4.69, 9.17) is 9.47 Å². The zero-order valence-corrected chi connectivity index (χ0v) is 13.1. The average Bonchev–Trinajstić information content (AvgIpc) is 3.27. The molecule has 1 saturated carbocycles. The average molecular weight is 317 g/mol. The smallest absolute Gasteiger partial charge is 0.289 e. The van der Waals surface area contributed by atoms with Crippen molar-refractivity contribution in [2.75, 3.05) is 27.3 Å². The molecule has 0 atom stereocenters. The third-order valence-electron chi connectivity index (χ3n) is 3.48. The summed E-state index contributed by atoms with van der Waals surface area (Å²) in [6.45, 7) is 1.90. The highest BCUT2D eigenvalue weighted by atomic mass is 32.2. The summed E-state index contributed by atoms with van der Waals surface area (Å²) in [5, 5.41) is 3.41. The van der Waals surface area contributed by atoms with Crippen molar-refractivity contribution < 1.29 is 18.3 Å². The molecular weight excluding hydrogens is 296 g/mol. The standard InChI is InChI=1S/C15H21F2NO2S/c1-19-12-8-14(21-15(16)17)13(20-2)7-11(12)5-6-18-9-10-3-4-10/h7-8,10,15,18H,3-6,9H2,1-2H3. The van der Waals surface area contributed by atoms with E-state index in [9.17, 15) is 8.78 Å². The highest BCUT2D eigenvalue weighted by Gasteiger charge is 2.20. The molecule has 1 aromatic rings. The number of rotatable bonds is 9. The normalized spacial score (nSPS) is 14.5. The van der Waals surface area contributed by atoms with Gasteiger partial charge in [-0.05, 0) is 56.0 Å². The van der Waals surface area contributed by atoms with Crippen LogP contribution < -0.4 is 14.8 Å². The van der Waals surface area contributed by atoms with Crippen LogP contribution in [-0.2, 0) is 6.42 Å². The largest absolute Gasteiger partial charge is 0.496 e. The monoisotopic (exact) mass is 317 g/mol. The molecule has 0 aliphatic heterocycles.